The number of nitrogens with zero attached hydrogens (tertiary/aromatic N) is 3. The number of carbonyl (C=O) groups is 1. The third kappa shape index (κ3) is 3.50. The van der Waals surface area contributed by atoms with Crippen LogP contribution >= 0.6 is 11.3 Å². The molecular weight excluding hydrogens is 312 g/mol. The van der Waals surface area contributed by atoms with Crippen LogP contribution in [0.2, 0.25) is 0 Å². The predicted molar refractivity (Wildman–Crippen MR) is 89.5 cm³/mol. The minimum atomic E-state index is -0.0433. The number of hydrogen-bond acceptors (Lipinski definition) is 5. The molecule has 2 heterocycles. The molecule has 1 aromatic rings. The van der Waals surface area contributed by atoms with E-state index in [9.17, 15) is 4.79 Å². The maximum Gasteiger partial charge on any atom is 0.317 e. The van der Waals surface area contributed by atoms with Crippen molar-refractivity contribution in [3.63, 3.8) is 0 Å². The van der Waals surface area contributed by atoms with Gasteiger partial charge >= 0.3 is 6.03 Å². The number of aromatic nitrogens is 2. The van der Waals surface area contributed by atoms with Crippen molar-refractivity contribution in [2.45, 2.75) is 58.1 Å². The smallest absolute Gasteiger partial charge is 0.317 e. The number of urea groups is 1. The SMILES string of the molecule is CC(C)c1nnc(CNC(=O)N(C)C[C@]23CCC[C@H]2OCC3)s1. The van der Waals surface area contributed by atoms with E-state index in [-0.39, 0.29) is 11.4 Å². The van der Waals surface area contributed by atoms with Gasteiger partial charge in [-0.1, -0.05) is 31.6 Å². The summed E-state index contributed by atoms with van der Waals surface area (Å²) in [6, 6.07) is -0.0433. The Balaban J connectivity index is 1.51. The van der Waals surface area contributed by atoms with E-state index in [4.69, 9.17) is 4.74 Å². The Morgan fingerprint density at radius 1 is 1.48 bits per heavy atom. The van der Waals surface area contributed by atoms with Crippen molar-refractivity contribution in [2.24, 2.45) is 5.41 Å². The van der Waals surface area contributed by atoms with Crippen LogP contribution in [0, 0.1) is 5.41 Å². The first-order valence-corrected chi connectivity index (χ1v) is 9.25. The summed E-state index contributed by atoms with van der Waals surface area (Å²) in [5.41, 5.74) is 0.180. The summed E-state index contributed by atoms with van der Waals surface area (Å²) in [6.45, 7) is 6.25. The van der Waals surface area contributed by atoms with Crippen molar-refractivity contribution in [3.05, 3.63) is 10.0 Å². The molecule has 23 heavy (non-hydrogen) atoms. The van der Waals surface area contributed by atoms with Gasteiger partial charge in [-0.05, 0) is 19.3 Å². The summed E-state index contributed by atoms with van der Waals surface area (Å²) in [7, 11) is 1.87. The molecule has 0 spiro atoms. The highest BCUT2D eigenvalue weighted by atomic mass is 32.1. The number of rotatable bonds is 5. The average Bonchev–Trinajstić information content (AvgIpc) is 3.18. The molecule has 0 aromatic carbocycles. The summed E-state index contributed by atoms with van der Waals surface area (Å²) >= 11 is 1.57. The van der Waals surface area contributed by atoms with Gasteiger partial charge in [0.25, 0.3) is 0 Å². The first kappa shape index (κ1) is 16.6. The third-order valence-electron chi connectivity index (χ3n) is 5.01. The van der Waals surface area contributed by atoms with Gasteiger partial charge in [0.2, 0.25) is 0 Å². The Morgan fingerprint density at radius 3 is 3.04 bits per heavy atom. The summed E-state index contributed by atoms with van der Waals surface area (Å²) < 4.78 is 5.84. The fourth-order valence-electron chi connectivity index (χ4n) is 3.72. The molecule has 6 nitrogen and oxygen atoms in total. The number of nitrogens with one attached hydrogen (secondary N) is 1. The van der Waals surface area contributed by atoms with Crippen LogP contribution in [0.25, 0.3) is 0 Å². The molecule has 7 heteroatoms. The van der Waals surface area contributed by atoms with Gasteiger partial charge in [0.1, 0.15) is 10.0 Å². The van der Waals surface area contributed by atoms with Crippen LogP contribution in [-0.2, 0) is 11.3 Å². The maximum atomic E-state index is 12.4. The molecule has 2 amide bonds. The molecule has 1 aliphatic carbocycles. The molecule has 3 rings (SSSR count). The summed E-state index contributed by atoms with van der Waals surface area (Å²) in [5, 5.41) is 13.1. The average molecular weight is 338 g/mol. The molecule has 2 fully saturated rings. The van der Waals surface area contributed by atoms with Gasteiger partial charge in [0, 0.05) is 31.5 Å². The van der Waals surface area contributed by atoms with Gasteiger partial charge in [-0.15, -0.1) is 10.2 Å². The van der Waals surface area contributed by atoms with E-state index in [0.717, 1.165) is 36.0 Å². The van der Waals surface area contributed by atoms with Gasteiger partial charge in [0.15, 0.2) is 0 Å². The van der Waals surface area contributed by atoms with Crippen molar-refractivity contribution in [3.8, 4) is 0 Å². The molecule has 1 saturated heterocycles. The molecule has 1 saturated carbocycles. The Kier molecular flexibility index (Phi) is 4.87. The fraction of sp³-hybridized carbons (Fsp3) is 0.812. The van der Waals surface area contributed by atoms with E-state index < -0.39 is 0 Å². The molecule has 128 valence electrons. The molecule has 2 atom stereocenters. The normalized spacial score (nSPS) is 26.5. The summed E-state index contributed by atoms with van der Waals surface area (Å²) in [5.74, 6) is 0.375. The largest absolute Gasteiger partial charge is 0.378 e. The van der Waals surface area contributed by atoms with E-state index in [2.05, 4.69) is 29.4 Å². The van der Waals surface area contributed by atoms with Crippen LogP contribution in [0.15, 0.2) is 0 Å². The lowest BCUT2D eigenvalue weighted by atomic mass is 9.82. The Labute approximate surface area is 141 Å². The highest BCUT2D eigenvalue weighted by molar-refractivity contribution is 7.11. The lowest BCUT2D eigenvalue weighted by molar-refractivity contribution is 0.0585. The zero-order valence-electron chi connectivity index (χ0n) is 14.2. The first-order valence-electron chi connectivity index (χ1n) is 8.43. The molecule has 1 aromatic heterocycles. The number of fused-ring (bicyclic) bond motifs is 1. The fourth-order valence-corrected chi connectivity index (χ4v) is 4.50. The molecule has 0 unspecified atom stereocenters. The second kappa shape index (κ2) is 6.73. The van der Waals surface area contributed by atoms with Crippen molar-refractivity contribution >= 4 is 17.4 Å². The highest BCUT2D eigenvalue weighted by Gasteiger charge is 2.48. The van der Waals surface area contributed by atoms with Gasteiger partial charge in [-0.25, -0.2) is 4.79 Å². The number of ether oxygens (including phenoxy) is 1. The number of hydrogen-bond donors (Lipinski definition) is 1. The highest BCUT2D eigenvalue weighted by Crippen LogP contribution is 2.47. The monoisotopic (exact) mass is 338 g/mol. The van der Waals surface area contributed by atoms with Crippen LogP contribution in [0.3, 0.4) is 0 Å². The molecular formula is C16H26N4O2S. The van der Waals surface area contributed by atoms with Gasteiger partial charge < -0.3 is 15.0 Å². The van der Waals surface area contributed by atoms with Crippen molar-refractivity contribution in [2.75, 3.05) is 20.2 Å². The lowest BCUT2D eigenvalue weighted by Gasteiger charge is -2.32. The standard InChI is InChI=1S/C16H26N4O2S/c1-11(2)14-19-18-13(23-14)9-17-15(21)20(3)10-16-6-4-5-12(16)22-8-7-16/h11-12H,4-10H2,1-3H3,(H,17,21)/t12-,16-/m1/s1. The number of carbonyl (C=O) groups excluding carboxylic acids is 1. The van der Waals surface area contributed by atoms with Crippen LogP contribution < -0.4 is 5.32 Å². The minimum absolute atomic E-state index is 0.0433. The molecule has 0 bridgehead atoms. The Morgan fingerprint density at radius 2 is 2.30 bits per heavy atom. The second-order valence-corrected chi connectivity index (χ2v) is 8.16. The van der Waals surface area contributed by atoms with Gasteiger partial charge in [-0.2, -0.15) is 0 Å². The Bertz CT molecular complexity index is 550. The molecule has 0 radical (unpaired) electrons. The zero-order valence-corrected chi connectivity index (χ0v) is 15.0. The van der Waals surface area contributed by atoms with E-state index >= 15 is 0 Å². The molecule has 2 aliphatic rings. The summed E-state index contributed by atoms with van der Waals surface area (Å²) in [6.07, 6.45) is 4.93. The van der Waals surface area contributed by atoms with Crippen LogP contribution in [0.4, 0.5) is 4.79 Å². The Hall–Kier alpha value is -1.21. The predicted octanol–water partition coefficient (Wildman–Crippen LogP) is 2.76. The van der Waals surface area contributed by atoms with Crippen molar-refractivity contribution in [1.29, 1.82) is 0 Å². The van der Waals surface area contributed by atoms with Crippen molar-refractivity contribution in [1.82, 2.24) is 20.4 Å². The lowest BCUT2D eigenvalue weighted by Crippen LogP contribution is -2.45. The second-order valence-electron chi connectivity index (χ2n) is 7.07. The topological polar surface area (TPSA) is 67.4 Å². The van der Waals surface area contributed by atoms with Crippen molar-refractivity contribution < 1.29 is 9.53 Å². The molecule has 1 N–H and O–H groups in total. The minimum Gasteiger partial charge on any atom is -0.378 e. The first-order chi connectivity index (χ1) is 11.0. The maximum absolute atomic E-state index is 12.4. The van der Waals surface area contributed by atoms with Crippen LogP contribution in [0.5, 0.6) is 0 Å². The van der Waals surface area contributed by atoms with Gasteiger partial charge in [0.05, 0.1) is 12.6 Å². The van der Waals surface area contributed by atoms with Gasteiger partial charge in [-0.3, -0.25) is 0 Å². The van der Waals surface area contributed by atoms with Crippen LogP contribution in [0.1, 0.15) is 55.5 Å². The molecule has 1 aliphatic heterocycles. The van der Waals surface area contributed by atoms with E-state index in [1.54, 1.807) is 16.2 Å². The van der Waals surface area contributed by atoms with E-state index in [1.807, 2.05) is 7.05 Å². The van der Waals surface area contributed by atoms with Crippen LogP contribution in [-0.4, -0.2) is 47.4 Å². The third-order valence-corrected chi connectivity index (χ3v) is 6.23. The number of amides is 2. The van der Waals surface area contributed by atoms with E-state index in [0.29, 0.717) is 18.6 Å². The quantitative estimate of drug-likeness (QED) is 0.896. The zero-order chi connectivity index (χ0) is 16.4. The summed E-state index contributed by atoms with van der Waals surface area (Å²) in [4.78, 5) is 14.2. The van der Waals surface area contributed by atoms with E-state index in [1.165, 1.54) is 12.8 Å².